The number of carbonyl (C=O) groups is 1. The SMILES string of the molecule is COc1ccccc1Nc1ccc(Nc2n[nH]c(N)c2C(N)=O)cc1. The van der Waals surface area contributed by atoms with Crippen LogP contribution < -0.4 is 26.8 Å². The van der Waals surface area contributed by atoms with E-state index in [9.17, 15) is 4.79 Å². The summed E-state index contributed by atoms with van der Waals surface area (Å²) in [5.41, 5.74) is 13.6. The Bertz CT molecular complexity index is 888. The first-order chi connectivity index (χ1) is 12.1. The second kappa shape index (κ2) is 6.83. The number of primary amides is 1. The van der Waals surface area contributed by atoms with Crippen LogP contribution >= 0.6 is 0 Å². The topological polar surface area (TPSA) is 131 Å². The molecular formula is C17H18N6O2. The molecule has 8 heteroatoms. The van der Waals surface area contributed by atoms with Gasteiger partial charge in [-0.1, -0.05) is 12.1 Å². The van der Waals surface area contributed by atoms with E-state index in [1.165, 1.54) is 0 Å². The minimum atomic E-state index is -0.650. The van der Waals surface area contributed by atoms with Gasteiger partial charge in [-0.3, -0.25) is 9.89 Å². The molecule has 0 aliphatic heterocycles. The predicted octanol–water partition coefficient (Wildman–Crippen LogP) is 2.59. The standard InChI is InChI=1S/C17H18N6O2/c1-25-13-5-3-2-4-12(13)20-10-6-8-11(9-7-10)21-17-14(16(19)24)15(18)22-23-17/h2-9,20H,1H3,(H2,19,24)(H4,18,21,22,23). The summed E-state index contributed by atoms with van der Waals surface area (Å²) in [6.45, 7) is 0. The van der Waals surface area contributed by atoms with Crippen molar-refractivity contribution < 1.29 is 9.53 Å². The molecular weight excluding hydrogens is 320 g/mol. The molecule has 8 nitrogen and oxygen atoms in total. The molecule has 0 bridgehead atoms. The Morgan fingerprint density at radius 2 is 1.72 bits per heavy atom. The molecule has 1 aromatic heterocycles. The van der Waals surface area contributed by atoms with Crippen LogP contribution in [0.5, 0.6) is 5.75 Å². The van der Waals surface area contributed by atoms with E-state index in [-0.39, 0.29) is 17.2 Å². The largest absolute Gasteiger partial charge is 0.495 e. The number of carbonyl (C=O) groups excluding carboxylic acids is 1. The number of amides is 1. The van der Waals surface area contributed by atoms with Gasteiger partial charge in [0.25, 0.3) is 5.91 Å². The summed E-state index contributed by atoms with van der Waals surface area (Å²) in [5.74, 6) is 0.519. The zero-order valence-electron chi connectivity index (χ0n) is 13.5. The van der Waals surface area contributed by atoms with E-state index in [0.29, 0.717) is 0 Å². The summed E-state index contributed by atoms with van der Waals surface area (Å²) < 4.78 is 5.32. The van der Waals surface area contributed by atoms with Crippen molar-refractivity contribution in [3.63, 3.8) is 0 Å². The maximum atomic E-state index is 11.4. The quantitative estimate of drug-likeness (QED) is 0.469. The van der Waals surface area contributed by atoms with Crippen LogP contribution in [0.4, 0.5) is 28.7 Å². The molecule has 0 fully saturated rings. The van der Waals surface area contributed by atoms with Gasteiger partial charge >= 0.3 is 0 Å². The third-order valence-electron chi connectivity index (χ3n) is 3.57. The minimum Gasteiger partial charge on any atom is -0.495 e. The first-order valence-corrected chi connectivity index (χ1v) is 7.49. The van der Waals surface area contributed by atoms with E-state index in [1.807, 2.05) is 48.5 Å². The summed E-state index contributed by atoms with van der Waals surface area (Å²) >= 11 is 0. The maximum absolute atomic E-state index is 11.4. The van der Waals surface area contributed by atoms with Crippen LogP contribution in [0.3, 0.4) is 0 Å². The van der Waals surface area contributed by atoms with Crippen LogP contribution in [0.2, 0.25) is 0 Å². The Balaban J connectivity index is 1.76. The highest BCUT2D eigenvalue weighted by Crippen LogP contribution is 2.28. The van der Waals surface area contributed by atoms with E-state index < -0.39 is 5.91 Å². The normalized spacial score (nSPS) is 10.3. The number of nitrogen functional groups attached to an aromatic ring is 1. The third-order valence-corrected chi connectivity index (χ3v) is 3.57. The van der Waals surface area contributed by atoms with Gasteiger partial charge in [0.15, 0.2) is 5.82 Å². The lowest BCUT2D eigenvalue weighted by molar-refractivity contribution is 0.100. The van der Waals surface area contributed by atoms with Crippen LogP contribution in [0, 0.1) is 0 Å². The first-order valence-electron chi connectivity index (χ1n) is 7.49. The molecule has 0 unspecified atom stereocenters. The van der Waals surface area contributed by atoms with E-state index in [4.69, 9.17) is 16.2 Å². The van der Waals surface area contributed by atoms with Crippen molar-refractivity contribution >= 4 is 34.6 Å². The number of hydrogen-bond donors (Lipinski definition) is 5. The average Bonchev–Trinajstić information content (AvgIpc) is 2.97. The van der Waals surface area contributed by atoms with Crippen molar-refractivity contribution in [1.82, 2.24) is 10.2 Å². The van der Waals surface area contributed by atoms with Gasteiger partial charge in [0.1, 0.15) is 17.1 Å². The highest BCUT2D eigenvalue weighted by atomic mass is 16.5. The van der Waals surface area contributed by atoms with Gasteiger partial charge in [-0.05, 0) is 36.4 Å². The Labute approximate surface area is 144 Å². The monoisotopic (exact) mass is 338 g/mol. The minimum absolute atomic E-state index is 0.129. The number of nitrogens with one attached hydrogen (secondary N) is 3. The molecule has 0 radical (unpaired) electrons. The zero-order valence-corrected chi connectivity index (χ0v) is 13.5. The molecule has 0 spiro atoms. The number of aromatic amines is 1. The fourth-order valence-electron chi connectivity index (χ4n) is 2.37. The van der Waals surface area contributed by atoms with Crippen LogP contribution in [0.25, 0.3) is 0 Å². The lowest BCUT2D eigenvalue weighted by Gasteiger charge is -2.11. The Morgan fingerprint density at radius 1 is 1.08 bits per heavy atom. The molecule has 25 heavy (non-hydrogen) atoms. The Kier molecular flexibility index (Phi) is 4.42. The lowest BCUT2D eigenvalue weighted by Crippen LogP contribution is -2.14. The summed E-state index contributed by atoms with van der Waals surface area (Å²) in [6, 6.07) is 15.1. The highest BCUT2D eigenvalue weighted by molar-refractivity contribution is 6.02. The van der Waals surface area contributed by atoms with Gasteiger partial charge in [-0.2, -0.15) is 5.10 Å². The number of nitrogens with zero attached hydrogens (tertiary/aromatic N) is 1. The van der Waals surface area contributed by atoms with Crippen LogP contribution in [-0.2, 0) is 0 Å². The molecule has 0 aliphatic rings. The molecule has 0 saturated carbocycles. The van der Waals surface area contributed by atoms with Crippen molar-refractivity contribution in [3.8, 4) is 5.75 Å². The van der Waals surface area contributed by atoms with Crippen LogP contribution in [-0.4, -0.2) is 23.2 Å². The number of nitrogens with two attached hydrogens (primary N) is 2. The molecule has 1 amide bonds. The third kappa shape index (κ3) is 3.47. The lowest BCUT2D eigenvalue weighted by atomic mass is 10.2. The van der Waals surface area contributed by atoms with E-state index in [1.54, 1.807) is 7.11 Å². The number of benzene rings is 2. The maximum Gasteiger partial charge on any atom is 0.256 e. The number of anilines is 5. The molecule has 3 rings (SSSR count). The second-order valence-electron chi connectivity index (χ2n) is 5.25. The highest BCUT2D eigenvalue weighted by Gasteiger charge is 2.16. The number of aromatic nitrogens is 2. The zero-order chi connectivity index (χ0) is 17.8. The van der Waals surface area contributed by atoms with Crippen LogP contribution in [0.15, 0.2) is 48.5 Å². The molecule has 2 aromatic carbocycles. The number of H-pyrrole nitrogens is 1. The van der Waals surface area contributed by atoms with Crippen molar-refractivity contribution in [3.05, 3.63) is 54.1 Å². The van der Waals surface area contributed by atoms with Gasteiger partial charge in [0.2, 0.25) is 0 Å². The average molecular weight is 338 g/mol. The molecule has 128 valence electrons. The fourth-order valence-corrected chi connectivity index (χ4v) is 2.37. The van der Waals surface area contributed by atoms with Gasteiger partial charge in [0.05, 0.1) is 12.8 Å². The van der Waals surface area contributed by atoms with E-state index in [0.717, 1.165) is 22.8 Å². The number of methoxy groups -OCH3 is 1. The molecule has 0 atom stereocenters. The predicted molar refractivity (Wildman–Crippen MR) is 97.5 cm³/mol. The summed E-state index contributed by atoms with van der Waals surface area (Å²) in [7, 11) is 1.62. The number of hydrogen-bond acceptors (Lipinski definition) is 6. The van der Waals surface area contributed by atoms with Crippen LogP contribution in [0.1, 0.15) is 10.4 Å². The summed E-state index contributed by atoms with van der Waals surface area (Å²) in [5, 5.41) is 12.8. The number of ether oxygens (including phenoxy) is 1. The summed E-state index contributed by atoms with van der Waals surface area (Å²) in [6.07, 6.45) is 0. The van der Waals surface area contributed by atoms with E-state index in [2.05, 4.69) is 20.8 Å². The first kappa shape index (κ1) is 16.2. The van der Waals surface area contributed by atoms with Gasteiger partial charge in [-0.25, -0.2) is 0 Å². The molecule has 7 N–H and O–H groups in total. The smallest absolute Gasteiger partial charge is 0.256 e. The Morgan fingerprint density at radius 3 is 2.36 bits per heavy atom. The van der Waals surface area contributed by atoms with Crippen molar-refractivity contribution in [2.24, 2.45) is 5.73 Å². The van der Waals surface area contributed by atoms with Crippen molar-refractivity contribution in [2.45, 2.75) is 0 Å². The number of rotatable bonds is 6. The van der Waals surface area contributed by atoms with Gasteiger partial charge in [0, 0.05) is 11.4 Å². The molecule has 0 saturated heterocycles. The van der Waals surface area contributed by atoms with Gasteiger partial charge < -0.3 is 26.8 Å². The molecule has 0 aliphatic carbocycles. The number of para-hydroxylation sites is 2. The van der Waals surface area contributed by atoms with E-state index >= 15 is 0 Å². The summed E-state index contributed by atoms with van der Waals surface area (Å²) in [4.78, 5) is 11.4. The fraction of sp³-hybridized carbons (Fsp3) is 0.0588. The molecule has 3 aromatic rings. The molecule has 1 heterocycles. The van der Waals surface area contributed by atoms with Crippen molar-refractivity contribution in [2.75, 3.05) is 23.5 Å². The van der Waals surface area contributed by atoms with Gasteiger partial charge in [-0.15, -0.1) is 0 Å². The Hall–Kier alpha value is -3.68. The second-order valence-corrected chi connectivity index (χ2v) is 5.25. The van der Waals surface area contributed by atoms with Crippen molar-refractivity contribution in [1.29, 1.82) is 0 Å².